The maximum atomic E-state index is 11.4. The lowest BCUT2D eigenvalue weighted by Crippen LogP contribution is -2.16. The first-order valence-corrected chi connectivity index (χ1v) is 10.2. The van der Waals surface area contributed by atoms with E-state index in [1.807, 2.05) is 0 Å². The first-order valence-electron chi connectivity index (χ1n) is 10.2. The van der Waals surface area contributed by atoms with Crippen molar-refractivity contribution in [1.82, 2.24) is 0 Å². The number of methoxy groups -OCH3 is 1. The predicted octanol–water partition coefficient (Wildman–Crippen LogP) is 4.71. The molecule has 0 saturated heterocycles. The summed E-state index contributed by atoms with van der Waals surface area (Å²) in [6.45, 7) is 2.01. The van der Waals surface area contributed by atoms with Gasteiger partial charge in [0.15, 0.2) is 0 Å². The normalized spacial score (nSPS) is 12.4. The summed E-state index contributed by atoms with van der Waals surface area (Å²) < 4.78 is 9.18. The molecule has 0 amide bonds. The molecule has 0 saturated carbocycles. The molecule has 0 aliphatic carbocycles. The van der Waals surface area contributed by atoms with Crippen LogP contribution in [0.3, 0.4) is 0 Å². The summed E-state index contributed by atoms with van der Waals surface area (Å²) in [6, 6.07) is 0. The minimum Gasteiger partial charge on any atom is -0.393 e. The molecule has 0 unspecified atom stereocenters. The van der Waals surface area contributed by atoms with E-state index in [2.05, 4.69) is 28.5 Å². The van der Waals surface area contributed by atoms with Crippen molar-refractivity contribution < 1.29 is 24.2 Å². The lowest BCUT2D eigenvalue weighted by Gasteiger charge is -2.07. The van der Waals surface area contributed by atoms with Crippen molar-refractivity contribution in [2.75, 3.05) is 13.7 Å². The Bertz CT molecular complexity index is 379. The highest BCUT2D eigenvalue weighted by molar-refractivity contribution is 5.85. The fraction of sp³-hybridized carbons (Fsp3) is 0.810. The van der Waals surface area contributed by atoms with E-state index in [4.69, 9.17) is 0 Å². The van der Waals surface area contributed by atoms with Gasteiger partial charge >= 0.3 is 11.9 Å². The van der Waals surface area contributed by atoms with Crippen LogP contribution in [0.15, 0.2) is 12.2 Å². The second kappa shape index (κ2) is 18.6. The molecule has 0 aromatic heterocycles. The number of aliphatic hydroxyl groups is 1. The molecule has 1 N–H and O–H groups in total. The largest absolute Gasteiger partial charge is 0.393 e. The standard InChI is InChI=1S/C21H38O5/c1-3-4-5-12-15-19(22)16-13-10-8-6-7-9-11-14-17-20(23)26-21(24)18-25-2/h10,13,19,22H,3-9,11-12,14-18H2,1-2H3/b13-10-/t19-/m1/s1. The van der Waals surface area contributed by atoms with Crippen LogP contribution in [0.1, 0.15) is 90.4 Å². The number of hydrogen-bond donors (Lipinski definition) is 1. The van der Waals surface area contributed by atoms with Gasteiger partial charge in [0, 0.05) is 13.5 Å². The van der Waals surface area contributed by atoms with Crippen molar-refractivity contribution in [2.45, 2.75) is 96.5 Å². The van der Waals surface area contributed by atoms with E-state index in [0.29, 0.717) is 0 Å². The van der Waals surface area contributed by atoms with Gasteiger partial charge in [-0.25, -0.2) is 4.79 Å². The topological polar surface area (TPSA) is 72.8 Å². The molecule has 26 heavy (non-hydrogen) atoms. The summed E-state index contributed by atoms with van der Waals surface area (Å²) in [7, 11) is 1.39. The smallest absolute Gasteiger partial charge is 0.339 e. The summed E-state index contributed by atoms with van der Waals surface area (Å²) in [6.07, 6.45) is 16.9. The number of hydrogen-bond acceptors (Lipinski definition) is 5. The fourth-order valence-electron chi connectivity index (χ4n) is 2.68. The van der Waals surface area contributed by atoms with Crippen LogP contribution in [0.4, 0.5) is 0 Å². The minimum atomic E-state index is -0.629. The third-order valence-corrected chi connectivity index (χ3v) is 4.21. The Morgan fingerprint density at radius 2 is 1.62 bits per heavy atom. The molecule has 0 aromatic rings. The molecule has 0 spiro atoms. The summed E-state index contributed by atoms with van der Waals surface area (Å²) in [5.74, 6) is -1.10. The second-order valence-electron chi connectivity index (χ2n) is 6.80. The van der Waals surface area contributed by atoms with Gasteiger partial charge in [-0.2, -0.15) is 0 Å². The summed E-state index contributed by atoms with van der Waals surface area (Å²) in [5.41, 5.74) is 0. The number of allylic oxidation sites excluding steroid dienone is 1. The van der Waals surface area contributed by atoms with E-state index in [0.717, 1.165) is 57.8 Å². The molecule has 0 radical (unpaired) electrons. The molecule has 1 atom stereocenters. The molecule has 0 heterocycles. The Hall–Kier alpha value is -1.20. The average Bonchev–Trinajstić information content (AvgIpc) is 2.60. The average molecular weight is 371 g/mol. The van der Waals surface area contributed by atoms with Crippen LogP contribution < -0.4 is 0 Å². The van der Waals surface area contributed by atoms with Crippen molar-refractivity contribution >= 4 is 11.9 Å². The Morgan fingerprint density at radius 3 is 2.35 bits per heavy atom. The zero-order valence-corrected chi connectivity index (χ0v) is 16.7. The summed E-state index contributed by atoms with van der Waals surface area (Å²) in [5, 5.41) is 9.86. The van der Waals surface area contributed by atoms with Crippen LogP contribution >= 0.6 is 0 Å². The van der Waals surface area contributed by atoms with E-state index in [1.54, 1.807) is 0 Å². The predicted molar refractivity (Wildman–Crippen MR) is 104 cm³/mol. The van der Waals surface area contributed by atoms with Gasteiger partial charge in [-0.3, -0.25) is 4.79 Å². The maximum absolute atomic E-state index is 11.4. The van der Waals surface area contributed by atoms with Crippen LogP contribution in [-0.2, 0) is 19.1 Å². The number of unbranched alkanes of at least 4 members (excludes halogenated alkanes) is 8. The number of carbonyl (C=O) groups is 2. The van der Waals surface area contributed by atoms with Crippen LogP contribution in [0.25, 0.3) is 0 Å². The molecule has 0 aliphatic rings. The molecule has 0 bridgehead atoms. The van der Waals surface area contributed by atoms with Gasteiger partial charge < -0.3 is 14.6 Å². The Kier molecular flexibility index (Phi) is 17.7. The third-order valence-electron chi connectivity index (χ3n) is 4.21. The zero-order valence-electron chi connectivity index (χ0n) is 16.7. The number of ether oxygens (including phenoxy) is 2. The lowest BCUT2D eigenvalue weighted by molar-refractivity contribution is -0.162. The zero-order chi connectivity index (χ0) is 19.5. The first-order chi connectivity index (χ1) is 12.6. The number of rotatable bonds is 17. The van der Waals surface area contributed by atoms with Crippen molar-refractivity contribution in [3.05, 3.63) is 12.2 Å². The molecule has 152 valence electrons. The SMILES string of the molecule is CCCCCC[C@@H](O)C/C=C\CCCCCCCC(=O)OC(=O)COC. The number of aliphatic hydroxyl groups excluding tert-OH is 1. The van der Waals surface area contributed by atoms with Crippen molar-refractivity contribution in [3.8, 4) is 0 Å². The van der Waals surface area contributed by atoms with E-state index in [-0.39, 0.29) is 19.1 Å². The van der Waals surface area contributed by atoms with E-state index in [9.17, 15) is 14.7 Å². The van der Waals surface area contributed by atoms with Gasteiger partial charge in [-0.1, -0.05) is 64.0 Å². The van der Waals surface area contributed by atoms with Gasteiger partial charge in [0.05, 0.1) is 6.10 Å². The molecule has 5 nitrogen and oxygen atoms in total. The lowest BCUT2D eigenvalue weighted by atomic mass is 10.1. The van der Waals surface area contributed by atoms with Crippen molar-refractivity contribution in [2.24, 2.45) is 0 Å². The highest BCUT2D eigenvalue weighted by Gasteiger charge is 2.09. The van der Waals surface area contributed by atoms with Crippen LogP contribution in [0.2, 0.25) is 0 Å². The van der Waals surface area contributed by atoms with E-state index < -0.39 is 11.9 Å². The summed E-state index contributed by atoms with van der Waals surface area (Å²) >= 11 is 0. The van der Waals surface area contributed by atoms with Gasteiger partial charge in [-0.15, -0.1) is 0 Å². The number of esters is 2. The Morgan fingerprint density at radius 1 is 0.923 bits per heavy atom. The Balaban J connectivity index is 3.39. The Labute approximate surface area is 159 Å². The molecule has 0 aliphatic heterocycles. The second-order valence-corrected chi connectivity index (χ2v) is 6.80. The van der Waals surface area contributed by atoms with E-state index >= 15 is 0 Å². The van der Waals surface area contributed by atoms with Crippen LogP contribution in [0.5, 0.6) is 0 Å². The van der Waals surface area contributed by atoms with Gasteiger partial charge in [0.25, 0.3) is 0 Å². The molecule has 0 fully saturated rings. The highest BCUT2D eigenvalue weighted by Crippen LogP contribution is 2.10. The highest BCUT2D eigenvalue weighted by atomic mass is 16.6. The molecular weight excluding hydrogens is 332 g/mol. The maximum Gasteiger partial charge on any atom is 0.339 e. The van der Waals surface area contributed by atoms with Crippen molar-refractivity contribution in [3.63, 3.8) is 0 Å². The molecule has 0 rings (SSSR count). The van der Waals surface area contributed by atoms with Crippen molar-refractivity contribution in [1.29, 1.82) is 0 Å². The minimum absolute atomic E-state index is 0.185. The van der Waals surface area contributed by atoms with Gasteiger partial charge in [0.2, 0.25) is 0 Å². The summed E-state index contributed by atoms with van der Waals surface area (Å²) in [4.78, 5) is 22.4. The van der Waals surface area contributed by atoms with Crippen LogP contribution in [-0.4, -0.2) is 36.9 Å². The third kappa shape index (κ3) is 17.6. The molecule has 5 heteroatoms. The van der Waals surface area contributed by atoms with Crippen LogP contribution in [0, 0.1) is 0 Å². The first kappa shape index (κ1) is 24.8. The van der Waals surface area contributed by atoms with Gasteiger partial charge in [0.1, 0.15) is 6.61 Å². The van der Waals surface area contributed by atoms with Gasteiger partial charge in [-0.05, 0) is 32.1 Å². The fourth-order valence-corrected chi connectivity index (χ4v) is 2.68. The van der Waals surface area contributed by atoms with E-state index in [1.165, 1.54) is 26.4 Å². The number of carbonyl (C=O) groups excluding carboxylic acids is 2. The monoisotopic (exact) mass is 370 g/mol. The molecular formula is C21H38O5. The quantitative estimate of drug-likeness (QED) is 0.174. The molecule has 0 aromatic carbocycles.